The second kappa shape index (κ2) is 6.08. The van der Waals surface area contributed by atoms with E-state index in [1.807, 2.05) is 6.20 Å². The van der Waals surface area contributed by atoms with E-state index in [0.29, 0.717) is 11.3 Å². The largest absolute Gasteiger partial charge is 0.345 e. The minimum absolute atomic E-state index is 0.463. The molecule has 19 heavy (non-hydrogen) atoms. The lowest BCUT2D eigenvalue weighted by atomic mass is 9.70. The monoisotopic (exact) mass is 263 g/mol. The SMILES string of the molecule is CCNCc1cnc(C2CCC(C(C)(C)C)CC2)[nH]1. The zero-order valence-corrected chi connectivity index (χ0v) is 12.9. The molecule has 0 atom stereocenters. The zero-order valence-electron chi connectivity index (χ0n) is 12.9. The van der Waals surface area contributed by atoms with Crippen LogP contribution in [0.15, 0.2) is 6.20 Å². The van der Waals surface area contributed by atoms with E-state index in [-0.39, 0.29) is 0 Å². The minimum Gasteiger partial charge on any atom is -0.345 e. The van der Waals surface area contributed by atoms with Crippen molar-refractivity contribution in [1.29, 1.82) is 0 Å². The van der Waals surface area contributed by atoms with Crippen molar-refractivity contribution in [3.8, 4) is 0 Å². The standard InChI is InChI=1S/C16H29N3/c1-5-17-10-14-11-18-15(19-14)12-6-8-13(9-7-12)16(2,3)4/h11-13,17H,5-10H2,1-4H3,(H,18,19). The lowest BCUT2D eigenvalue weighted by molar-refractivity contribution is 0.167. The van der Waals surface area contributed by atoms with Gasteiger partial charge in [-0.25, -0.2) is 4.98 Å². The third-order valence-corrected chi connectivity index (χ3v) is 4.55. The Balaban J connectivity index is 1.89. The van der Waals surface area contributed by atoms with E-state index in [9.17, 15) is 0 Å². The normalized spacial score (nSPS) is 24.6. The molecule has 0 saturated heterocycles. The molecule has 1 fully saturated rings. The van der Waals surface area contributed by atoms with Gasteiger partial charge in [0.2, 0.25) is 0 Å². The van der Waals surface area contributed by atoms with Gasteiger partial charge >= 0.3 is 0 Å². The molecule has 0 aromatic carbocycles. The van der Waals surface area contributed by atoms with Gasteiger partial charge in [-0.15, -0.1) is 0 Å². The molecule has 3 nitrogen and oxygen atoms in total. The van der Waals surface area contributed by atoms with Crippen LogP contribution in [0.4, 0.5) is 0 Å². The molecule has 0 aliphatic heterocycles. The van der Waals surface area contributed by atoms with Gasteiger partial charge in [0.15, 0.2) is 0 Å². The maximum atomic E-state index is 4.58. The lowest BCUT2D eigenvalue weighted by Crippen LogP contribution is -2.25. The summed E-state index contributed by atoms with van der Waals surface area (Å²) in [6, 6.07) is 0. The molecule has 1 saturated carbocycles. The summed E-state index contributed by atoms with van der Waals surface area (Å²) < 4.78 is 0. The van der Waals surface area contributed by atoms with Crippen molar-refractivity contribution >= 4 is 0 Å². The molecule has 0 amide bonds. The highest BCUT2D eigenvalue weighted by Gasteiger charge is 2.31. The molecule has 0 radical (unpaired) electrons. The molecular weight excluding hydrogens is 234 g/mol. The maximum absolute atomic E-state index is 4.58. The van der Waals surface area contributed by atoms with Gasteiger partial charge in [-0.05, 0) is 43.6 Å². The van der Waals surface area contributed by atoms with Crippen LogP contribution >= 0.6 is 0 Å². The molecule has 0 bridgehead atoms. The minimum atomic E-state index is 0.463. The number of nitrogens with zero attached hydrogens (tertiary/aromatic N) is 1. The van der Waals surface area contributed by atoms with E-state index in [1.54, 1.807) is 0 Å². The molecule has 1 heterocycles. The molecule has 1 aliphatic carbocycles. The summed E-state index contributed by atoms with van der Waals surface area (Å²) in [5.41, 5.74) is 1.68. The summed E-state index contributed by atoms with van der Waals surface area (Å²) in [7, 11) is 0. The van der Waals surface area contributed by atoms with Crippen LogP contribution in [0.1, 0.15) is 70.8 Å². The Kier molecular flexibility index (Phi) is 4.67. The predicted molar refractivity (Wildman–Crippen MR) is 80.1 cm³/mol. The summed E-state index contributed by atoms with van der Waals surface area (Å²) in [6.07, 6.45) is 7.26. The van der Waals surface area contributed by atoms with Crippen LogP contribution < -0.4 is 5.32 Å². The van der Waals surface area contributed by atoms with E-state index in [1.165, 1.54) is 37.2 Å². The van der Waals surface area contributed by atoms with Crippen molar-refractivity contribution in [1.82, 2.24) is 15.3 Å². The van der Waals surface area contributed by atoms with E-state index in [2.05, 4.69) is 43.0 Å². The summed E-state index contributed by atoms with van der Waals surface area (Å²) in [6.45, 7) is 11.2. The Hall–Kier alpha value is -0.830. The van der Waals surface area contributed by atoms with Crippen molar-refractivity contribution in [2.75, 3.05) is 6.54 Å². The highest BCUT2D eigenvalue weighted by molar-refractivity contribution is 5.06. The van der Waals surface area contributed by atoms with Crippen molar-refractivity contribution in [3.63, 3.8) is 0 Å². The van der Waals surface area contributed by atoms with Gasteiger partial charge in [-0.3, -0.25) is 0 Å². The van der Waals surface area contributed by atoms with E-state index in [0.717, 1.165) is 19.0 Å². The predicted octanol–water partition coefficient (Wildman–Crippen LogP) is 3.84. The van der Waals surface area contributed by atoms with E-state index < -0.39 is 0 Å². The van der Waals surface area contributed by atoms with Crippen LogP contribution in [0, 0.1) is 11.3 Å². The Labute approximate surface area is 117 Å². The van der Waals surface area contributed by atoms with E-state index in [4.69, 9.17) is 0 Å². The van der Waals surface area contributed by atoms with Crippen LogP contribution in [-0.2, 0) is 6.54 Å². The quantitative estimate of drug-likeness (QED) is 0.866. The molecule has 1 aromatic rings. The lowest BCUT2D eigenvalue weighted by Gasteiger charge is -2.36. The molecular formula is C16H29N3. The van der Waals surface area contributed by atoms with Crippen molar-refractivity contribution < 1.29 is 0 Å². The molecule has 108 valence electrons. The van der Waals surface area contributed by atoms with Gasteiger partial charge in [0.25, 0.3) is 0 Å². The van der Waals surface area contributed by atoms with Crippen molar-refractivity contribution in [2.24, 2.45) is 11.3 Å². The van der Waals surface area contributed by atoms with Gasteiger partial charge in [-0.2, -0.15) is 0 Å². The summed E-state index contributed by atoms with van der Waals surface area (Å²) in [5, 5.41) is 3.34. The average molecular weight is 263 g/mol. The topological polar surface area (TPSA) is 40.7 Å². The Bertz CT molecular complexity index is 381. The zero-order chi connectivity index (χ0) is 13.9. The third kappa shape index (κ3) is 3.82. The van der Waals surface area contributed by atoms with Crippen molar-refractivity contribution in [2.45, 2.75) is 65.8 Å². The second-order valence-corrected chi connectivity index (χ2v) is 6.99. The molecule has 2 rings (SSSR count). The maximum Gasteiger partial charge on any atom is 0.109 e. The Morgan fingerprint density at radius 3 is 2.53 bits per heavy atom. The van der Waals surface area contributed by atoms with Gasteiger partial charge in [0.05, 0.1) is 0 Å². The fraction of sp³-hybridized carbons (Fsp3) is 0.812. The highest BCUT2D eigenvalue weighted by atomic mass is 15.0. The van der Waals surface area contributed by atoms with Gasteiger partial charge in [0.1, 0.15) is 5.82 Å². The Morgan fingerprint density at radius 1 is 1.26 bits per heavy atom. The molecule has 0 unspecified atom stereocenters. The number of aromatic nitrogens is 2. The fourth-order valence-electron chi connectivity index (χ4n) is 3.17. The number of H-pyrrole nitrogens is 1. The first-order chi connectivity index (χ1) is 9.00. The molecule has 2 N–H and O–H groups in total. The Morgan fingerprint density at radius 2 is 1.95 bits per heavy atom. The number of hydrogen-bond acceptors (Lipinski definition) is 2. The van der Waals surface area contributed by atoms with Crippen LogP contribution in [0.5, 0.6) is 0 Å². The van der Waals surface area contributed by atoms with Gasteiger partial charge in [-0.1, -0.05) is 27.7 Å². The summed E-state index contributed by atoms with van der Waals surface area (Å²) >= 11 is 0. The number of hydrogen-bond donors (Lipinski definition) is 2. The van der Waals surface area contributed by atoms with Crippen LogP contribution in [0.2, 0.25) is 0 Å². The number of aromatic amines is 1. The molecule has 0 spiro atoms. The molecule has 1 aromatic heterocycles. The van der Waals surface area contributed by atoms with Crippen LogP contribution in [0.25, 0.3) is 0 Å². The number of imidazole rings is 1. The fourth-order valence-corrected chi connectivity index (χ4v) is 3.17. The van der Waals surface area contributed by atoms with Crippen molar-refractivity contribution in [3.05, 3.63) is 17.7 Å². The molecule has 1 aliphatic rings. The van der Waals surface area contributed by atoms with Gasteiger partial charge in [0, 0.05) is 24.4 Å². The summed E-state index contributed by atoms with van der Waals surface area (Å²) in [5.74, 6) is 2.73. The number of nitrogens with one attached hydrogen (secondary N) is 2. The first-order valence-corrected chi connectivity index (χ1v) is 7.75. The van der Waals surface area contributed by atoms with Crippen LogP contribution in [0.3, 0.4) is 0 Å². The first kappa shape index (κ1) is 14.6. The van der Waals surface area contributed by atoms with Gasteiger partial charge < -0.3 is 10.3 Å². The van der Waals surface area contributed by atoms with E-state index >= 15 is 0 Å². The first-order valence-electron chi connectivity index (χ1n) is 7.75. The average Bonchev–Trinajstić information content (AvgIpc) is 2.84. The second-order valence-electron chi connectivity index (χ2n) is 6.99. The smallest absolute Gasteiger partial charge is 0.109 e. The third-order valence-electron chi connectivity index (χ3n) is 4.55. The highest BCUT2D eigenvalue weighted by Crippen LogP contribution is 2.42. The van der Waals surface area contributed by atoms with Crippen LogP contribution in [-0.4, -0.2) is 16.5 Å². The number of rotatable bonds is 4. The summed E-state index contributed by atoms with van der Waals surface area (Å²) in [4.78, 5) is 8.08. The molecule has 3 heteroatoms.